The molecule has 128 valence electrons. The largest absolute Gasteiger partial charge is 0.348 e. The van der Waals surface area contributed by atoms with E-state index in [2.05, 4.69) is 74.1 Å². The van der Waals surface area contributed by atoms with Crippen molar-refractivity contribution in [2.75, 3.05) is 13.1 Å². The predicted octanol–water partition coefficient (Wildman–Crippen LogP) is 3.12. The van der Waals surface area contributed by atoms with Gasteiger partial charge in [-0.15, -0.1) is 0 Å². The molecule has 4 heteroatoms. The molecule has 1 N–H and O–H groups in total. The van der Waals surface area contributed by atoms with Gasteiger partial charge in [0.05, 0.1) is 12.6 Å². The number of carbonyl (C=O) groups excluding carboxylic acids is 1. The van der Waals surface area contributed by atoms with Gasteiger partial charge in [-0.1, -0.05) is 24.3 Å². The summed E-state index contributed by atoms with van der Waals surface area (Å²) in [7, 11) is 0. The maximum atomic E-state index is 12.9. The molecule has 0 spiro atoms. The zero-order chi connectivity index (χ0) is 17.3. The fourth-order valence-electron chi connectivity index (χ4n) is 3.32. The number of nitrogens with zero attached hydrogens (tertiary/aromatic N) is 2. The van der Waals surface area contributed by atoms with Gasteiger partial charge in [-0.05, 0) is 51.0 Å². The van der Waals surface area contributed by atoms with Crippen LogP contribution in [0.15, 0.2) is 42.6 Å². The number of hydrogen-bond donors (Lipinski definition) is 1. The Bertz CT molecular complexity index is 726. The molecule has 2 aromatic rings. The molecule has 0 saturated carbocycles. The maximum absolute atomic E-state index is 12.9. The Morgan fingerprint density at radius 3 is 2.62 bits per heavy atom. The van der Waals surface area contributed by atoms with Crippen molar-refractivity contribution < 1.29 is 4.79 Å². The summed E-state index contributed by atoms with van der Waals surface area (Å²) in [6.07, 6.45) is 2.11. The molecule has 1 aliphatic heterocycles. The monoisotopic (exact) mass is 325 g/mol. The van der Waals surface area contributed by atoms with E-state index in [0.717, 1.165) is 13.1 Å². The molecule has 1 aromatic carbocycles. The van der Waals surface area contributed by atoms with Crippen LogP contribution in [0.4, 0.5) is 0 Å². The van der Waals surface area contributed by atoms with Crippen LogP contribution in [0.25, 0.3) is 0 Å². The number of fused-ring (bicyclic) bond motifs is 1. The van der Waals surface area contributed by atoms with E-state index >= 15 is 0 Å². The third-order valence-corrected chi connectivity index (χ3v) is 4.61. The lowest BCUT2D eigenvalue weighted by molar-refractivity contribution is -0.133. The Morgan fingerprint density at radius 1 is 1.17 bits per heavy atom. The molecule has 0 aliphatic carbocycles. The van der Waals surface area contributed by atoms with Crippen LogP contribution in [0.5, 0.6) is 0 Å². The van der Waals surface area contributed by atoms with Crippen molar-refractivity contribution in [3.63, 3.8) is 0 Å². The van der Waals surface area contributed by atoms with Crippen molar-refractivity contribution in [3.8, 4) is 0 Å². The van der Waals surface area contributed by atoms with E-state index in [9.17, 15) is 4.79 Å². The number of rotatable bonds is 3. The number of carbonyl (C=O) groups is 1. The average Bonchev–Trinajstić information content (AvgIpc) is 3.00. The third-order valence-electron chi connectivity index (χ3n) is 4.61. The van der Waals surface area contributed by atoms with Gasteiger partial charge in [0.15, 0.2) is 0 Å². The summed E-state index contributed by atoms with van der Waals surface area (Å²) in [5.41, 5.74) is 3.56. The summed E-state index contributed by atoms with van der Waals surface area (Å²) < 4.78 is 2.26. The number of amides is 1. The molecule has 1 atom stereocenters. The molecule has 0 fully saturated rings. The Hall–Kier alpha value is -2.07. The van der Waals surface area contributed by atoms with Crippen LogP contribution in [0.2, 0.25) is 0 Å². The van der Waals surface area contributed by atoms with Crippen LogP contribution < -0.4 is 5.32 Å². The van der Waals surface area contributed by atoms with Crippen molar-refractivity contribution in [2.24, 2.45) is 0 Å². The van der Waals surface area contributed by atoms with Gasteiger partial charge >= 0.3 is 0 Å². The quantitative estimate of drug-likeness (QED) is 0.941. The van der Waals surface area contributed by atoms with Gasteiger partial charge in [0.2, 0.25) is 5.91 Å². The molecule has 1 amide bonds. The van der Waals surface area contributed by atoms with Gasteiger partial charge in [-0.2, -0.15) is 0 Å². The molecule has 0 saturated heterocycles. The highest BCUT2D eigenvalue weighted by Gasteiger charge is 2.32. The molecule has 0 unspecified atom stereocenters. The van der Waals surface area contributed by atoms with Crippen molar-refractivity contribution >= 4 is 5.91 Å². The molecule has 24 heavy (non-hydrogen) atoms. The molecule has 2 heterocycles. The summed E-state index contributed by atoms with van der Waals surface area (Å²) in [6.45, 7) is 10.3. The molecule has 1 aliphatic rings. The van der Waals surface area contributed by atoms with Gasteiger partial charge in [0.25, 0.3) is 0 Å². The number of nitrogens with one attached hydrogen (secondary N) is 1. The zero-order valence-electron chi connectivity index (χ0n) is 15.0. The maximum Gasteiger partial charge on any atom is 0.237 e. The van der Waals surface area contributed by atoms with E-state index in [-0.39, 0.29) is 17.5 Å². The highest BCUT2D eigenvalue weighted by Crippen LogP contribution is 2.34. The second kappa shape index (κ2) is 6.44. The first-order valence-electron chi connectivity index (χ1n) is 8.62. The number of aryl methyl sites for hydroxylation is 1. The summed E-state index contributed by atoms with van der Waals surface area (Å²) in [5.74, 6) is 0.158. The minimum absolute atomic E-state index is 0.00998. The normalized spacial score (nSPS) is 17.7. The number of hydrogen-bond acceptors (Lipinski definition) is 2. The fourth-order valence-corrected chi connectivity index (χ4v) is 3.32. The molecule has 3 rings (SSSR count). The minimum atomic E-state index is -0.0657. The Kier molecular flexibility index (Phi) is 4.50. The SMILES string of the molecule is Cc1ccccc1[C@@H]1c2cccn2CCN1C(=O)CNC(C)(C)C. The summed E-state index contributed by atoms with van der Waals surface area (Å²) in [6, 6.07) is 12.6. The van der Waals surface area contributed by atoms with Gasteiger partial charge in [0, 0.05) is 30.5 Å². The van der Waals surface area contributed by atoms with Crippen molar-refractivity contribution in [2.45, 2.75) is 45.8 Å². The van der Waals surface area contributed by atoms with Gasteiger partial charge < -0.3 is 14.8 Å². The lowest BCUT2D eigenvalue weighted by Gasteiger charge is -2.38. The van der Waals surface area contributed by atoms with Crippen LogP contribution in [0.3, 0.4) is 0 Å². The first kappa shape index (κ1) is 16.8. The zero-order valence-corrected chi connectivity index (χ0v) is 15.0. The van der Waals surface area contributed by atoms with E-state index < -0.39 is 0 Å². The summed E-state index contributed by atoms with van der Waals surface area (Å²) in [4.78, 5) is 14.9. The predicted molar refractivity (Wildman–Crippen MR) is 96.9 cm³/mol. The molecule has 0 bridgehead atoms. The summed E-state index contributed by atoms with van der Waals surface area (Å²) in [5, 5.41) is 3.33. The van der Waals surface area contributed by atoms with Crippen LogP contribution in [0, 0.1) is 6.92 Å². The Morgan fingerprint density at radius 2 is 1.92 bits per heavy atom. The van der Waals surface area contributed by atoms with E-state index in [0.29, 0.717) is 6.54 Å². The van der Waals surface area contributed by atoms with E-state index in [1.54, 1.807) is 0 Å². The molecule has 4 nitrogen and oxygen atoms in total. The molecule has 1 aromatic heterocycles. The third kappa shape index (κ3) is 3.39. The van der Waals surface area contributed by atoms with E-state index in [4.69, 9.17) is 0 Å². The lowest BCUT2D eigenvalue weighted by atomic mass is 9.95. The highest BCUT2D eigenvalue weighted by molar-refractivity contribution is 5.79. The second-order valence-corrected chi connectivity index (χ2v) is 7.58. The average molecular weight is 325 g/mol. The van der Waals surface area contributed by atoms with Crippen LogP contribution >= 0.6 is 0 Å². The van der Waals surface area contributed by atoms with Crippen molar-refractivity contribution in [3.05, 3.63) is 59.4 Å². The lowest BCUT2D eigenvalue weighted by Crippen LogP contribution is -2.49. The molecule has 0 radical (unpaired) electrons. The minimum Gasteiger partial charge on any atom is -0.348 e. The van der Waals surface area contributed by atoms with Crippen molar-refractivity contribution in [1.29, 1.82) is 0 Å². The Balaban J connectivity index is 1.94. The first-order valence-corrected chi connectivity index (χ1v) is 8.62. The topological polar surface area (TPSA) is 37.3 Å². The van der Waals surface area contributed by atoms with E-state index in [1.807, 2.05) is 11.0 Å². The smallest absolute Gasteiger partial charge is 0.237 e. The van der Waals surface area contributed by atoms with Gasteiger partial charge in [-0.3, -0.25) is 4.79 Å². The number of aromatic nitrogens is 1. The summed E-state index contributed by atoms with van der Waals surface area (Å²) >= 11 is 0. The first-order chi connectivity index (χ1) is 11.4. The van der Waals surface area contributed by atoms with E-state index in [1.165, 1.54) is 16.8 Å². The van der Waals surface area contributed by atoms with Crippen LogP contribution in [-0.2, 0) is 11.3 Å². The van der Waals surface area contributed by atoms with Gasteiger partial charge in [0.1, 0.15) is 0 Å². The Labute approximate surface area is 144 Å². The van der Waals surface area contributed by atoms with Crippen LogP contribution in [0.1, 0.15) is 43.6 Å². The highest BCUT2D eigenvalue weighted by atomic mass is 16.2. The fraction of sp³-hybridized carbons (Fsp3) is 0.450. The van der Waals surface area contributed by atoms with Crippen molar-refractivity contribution in [1.82, 2.24) is 14.8 Å². The molecular weight excluding hydrogens is 298 g/mol. The van der Waals surface area contributed by atoms with Crippen LogP contribution in [-0.4, -0.2) is 34.0 Å². The standard InChI is InChI=1S/C20H27N3O/c1-15-8-5-6-9-16(15)19-17-10-7-11-22(17)12-13-23(19)18(24)14-21-20(2,3)4/h5-11,19,21H,12-14H2,1-4H3/t19-/m1/s1. The molecular formula is C20H27N3O. The second-order valence-electron chi connectivity index (χ2n) is 7.58. The van der Waals surface area contributed by atoms with Gasteiger partial charge in [-0.25, -0.2) is 0 Å². The number of benzene rings is 1.